The molecule has 0 aromatic heterocycles. The number of carbonyl (C=O) groups is 1. The Labute approximate surface area is 82.6 Å². The van der Waals surface area contributed by atoms with Gasteiger partial charge in [-0.2, -0.15) is 0 Å². The summed E-state index contributed by atoms with van der Waals surface area (Å²) in [5.41, 5.74) is 4.02. The molecule has 0 bridgehead atoms. The van der Waals surface area contributed by atoms with Crippen molar-refractivity contribution in [3.63, 3.8) is 0 Å². The average Bonchev–Trinajstić information content (AvgIpc) is 2.73. The molecule has 0 heterocycles. The molecule has 0 amide bonds. The Morgan fingerprint density at radius 2 is 2.29 bits per heavy atom. The van der Waals surface area contributed by atoms with Gasteiger partial charge in [-0.05, 0) is 36.0 Å². The zero-order chi connectivity index (χ0) is 9.87. The fourth-order valence-electron chi connectivity index (χ4n) is 2.94. The quantitative estimate of drug-likeness (QED) is 0.731. The Balaban J connectivity index is 2.03. The summed E-state index contributed by atoms with van der Waals surface area (Å²) in [7, 11) is 0. The monoisotopic (exact) mass is 188 g/mol. The van der Waals surface area contributed by atoms with Crippen LogP contribution in [-0.2, 0) is 11.2 Å². The smallest absolute Gasteiger partial charge is 0.307 e. The van der Waals surface area contributed by atoms with E-state index >= 15 is 0 Å². The summed E-state index contributed by atoms with van der Waals surface area (Å²) in [5, 5.41) is 8.95. The molecule has 2 nitrogen and oxygen atoms in total. The SMILES string of the molecule is Cc1cccc2c1C[C@@H]1[C@@H](C(=O)O)[C@H]21. The predicted octanol–water partition coefficient (Wildman–Crippen LogP) is 1.97. The highest BCUT2D eigenvalue weighted by atomic mass is 16.4. The van der Waals surface area contributed by atoms with Gasteiger partial charge in [-0.1, -0.05) is 18.2 Å². The fourth-order valence-corrected chi connectivity index (χ4v) is 2.94. The van der Waals surface area contributed by atoms with Gasteiger partial charge in [0.1, 0.15) is 0 Å². The van der Waals surface area contributed by atoms with Crippen molar-refractivity contribution in [2.45, 2.75) is 19.3 Å². The van der Waals surface area contributed by atoms with Crippen molar-refractivity contribution in [2.75, 3.05) is 0 Å². The van der Waals surface area contributed by atoms with Crippen molar-refractivity contribution < 1.29 is 9.90 Å². The van der Waals surface area contributed by atoms with E-state index in [1.165, 1.54) is 16.7 Å². The van der Waals surface area contributed by atoms with Gasteiger partial charge in [-0.3, -0.25) is 4.79 Å². The molecule has 0 spiro atoms. The molecule has 1 fully saturated rings. The second-order valence-electron chi connectivity index (χ2n) is 4.40. The summed E-state index contributed by atoms with van der Waals surface area (Å²) < 4.78 is 0. The molecule has 0 radical (unpaired) electrons. The Morgan fingerprint density at radius 1 is 1.50 bits per heavy atom. The Hall–Kier alpha value is -1.31. The van der Waals surface area contributed by atoms with E-state index in [0.29, 0.717) is 11.8 Å². The second kappa shape index (κ2) is 2.38. The number of hydrogen-bond acceptors (Lipinski definition) is 1. The third kappa shape index (κ3) is 0.834. The van der Waals surface area contributed by atoms with Crippen LogP contribution in [0.15, 0.2) is 18.2 Å². The molecule has 0 saturated heterocycles. The van der Waals surface area contributed by atoms with E-state index in [4.69, 9.17) is 5.11 Å². The topological polar surface area (TPSA) is 37.3 Å². The minimum atomic E-state index is -0.618. The van der Waals surface area contributed by atoms with E-state index < -0.39 is 5.97 Å². The molecule has 0 aliphatic heterocycles. The average molecular weight is 188 g/mol. The normalized spacial score (nSPS) is 32.2. The Morgan fingerprint density at radius 3 is 3.00 bits per heavy atom. The lowest BCUT2D eigenvalue weighted by molar-refractivity contribution is -0.139. The minimum absolute atomic E-state index is 0.0932. The third-order valence-corrected chi connectivity index (χ3v) is 3.70. The van der Waals surface area contributed by atoms with Crippen LogP contribution in [0.4, 0.5) is 0 Å². The van der Waals surface area contributed by atoms with Crippen molar-refractivity contribution in [2.24, 2.45) is 11.8 Å². The number of hydrogen-bond donors (Lipinski definition) is 1. The van der Waals surface area contributed by atoms with Gasteiger partial charge in [0.2, 0.25) is 0 Å². The third-order valence-electron chi connectivity index (χ3n) is 3.70. The van der Waals surface area contributed by atoms with Gasteiger partial charge in [-0.15, -0.1) is 0 Å². The van der Waals surface area contributed by atoms with E-state index in [0.717, 1.165) is 6.42 Å². The van der Waals surface area contributed by atoms with Crippen LogP contribution in [0.1, 0.15) is 22.6 Å². The summed E-state index contributed by atoms with van der Waals surface area (Å²) in [4.78, 5) is 10.9. The van der Waals surface area contributed by atoms with E-state index in [1.54, 1.807) is 0 Å². The molecule has 3 atom stereocenters. The van der Waals surface area contributed by atoms with Gasteiger partial charge < -0.3 is 5.11 Å². The van der Waals surface area contributed by atoms with Crippen LogP contribution in [0.25, 0.3) is 0 Å². The minimum Gasteiger partial charge on any atom is -0.481 e. The molecular weight excluding hydrogens is 176 g/mol. The van der Waals surface area contributed by atoms with Crippen LogP contribution in [0.5, 0.6) is 0 Å². The van der Waals surface area contributed by atoms with Crippen molar-refractivity contribution in [1.82, 2.24) is 0 Å². The first-order chi connectivity index (χ1) is 6.70. The fraction of sp³-hybridized carbons (Fsp3) is 0.417. The number of fused-ring (bicyclic) bond motifs is 3. The Kier molecular flexibility index (Phi) is 1.37. The van der Waals surface area contributed by atoms with Gasteiger partial charge >= 0.3 is 5.97 Å². The number of benzene rings is 1. The Bertz CT molecular complexity index is 422. The lowest BCUT2D eigenvalue weighted by Crippen LogP contribution is -2.05. The van der Waals surface area contributed by atoms with Crippen LogP contribution in [0, 0.1) is 18.8 Å². The standard InChI is InChI=1S/C12H12O2/c1-6-3-2-4-7-8(6)5-9-10(7)11(9)12(13)14/h2-4,9-11H,5H2,1H3,(H,13,14)/t9-,10+,11+/m0/s1. The predicted molar refractivity (Wildman–Crippen MR) is 52.2 cm³/mol. The largest absolute Gasteiger partial charge is 0.481 e. The molecule has 3 rings (SSSR count). The first-order valence-electron chi connectivity index (χ1n) is 5.01. The number of carboxylic acids is 1. The molecular formula is C12H12O2. The molecule has 2 aliphatic carbocycles. The van der Waals surface area contributed by atoms with Gasteiger partial charge in [-0.25, -0.2) is 0 Å². The highest BCUT2D eigenvalue weighted by molar-refractivity contribution is 5.78. The number of rotatable bonds is 1. The summed E-state index contributed by atoms with van der Waals surface area (Å²) in [5.74, 6) is 0.00227. The molecule has 1 N–H and O–H groups in total. The van der Waals surface area contributed by atoms with Crippen LogP contribution in [0.2, 0.25) is 0 Å². The van der Waals surface area contributed by atoms with Gasteiger partial charge in [0, 0.05) is 5.92 Å². The first kappa shape index (κ1) is 8.04. The van der Waals surface area contributed by atoms with Gasteiger partial charge in [0.05, 0.1) is 5.92 Å². The van der Waals surface area contributed by atoms with Crippen LogP contribution >= 0.6 is 0 Å². The molecule has 1 saturated carbocycles. The molecule has 2 heteroatoms. The highest BCUT2D eigenvalue weighted by Crippen LogP contribution is 2.61. The van der Waals surface area contributed by atoms with Crippen molar-refractivity contribution in [1.29, 1.82) is 0 Å². The number of aryl methyl sites for hydroxylation is 1. The second-order valence-corrected chi connectivity index (χ2v) is 4.40. The maximum Gasteiger partial charge on any atom is 0.307 e. The van der Waals surface area contributed by atoms with E-state index in [-0.39, 0.29) is 5.92 Å². The highest BCUT2D eigenvalue weighted by Gasteiger charge is 2.59. The zero-order valence-electron chi connectivity index (χ0n) is 8.03. The molecule has 2 aliphatic rings. The van der Waals surface area contributed by atoms with Crippen molar-refractivity contribution in [3.05, 3.63) is 34.9 Å². The van der Waals surface area contributed by atoms with Crippen LogP contribution in [0.3, 0.4) is 0 Å². The summed E-state index contributed by atoms with van der Waals surface area (Å²) >= 11 is 0. The van der Waals surface area contributed by atoms with Gasteiger partial charge in [0.25, 0.3) is 0 Å². The molecule has 1 aromatic rings. The number of carboxylic acid groups (broad SMARTS) is 1. The lowest BCUT2D eigenvalue weighted by Gasteiger charge is -2.07. The van der Waals surface area contributed by atoms with Crippen LogP contribution in [-0.4, -0.2) is 11.1 Å². The summed E-state index contributed by atoms with van der Waals surface area (Å²) in [6.45, 7) is 2.11. The molecule has 72 valence electrons. The molecule has 14 heavy (non-hydrogen) atoms. The van der Waals surface area contributed by atoms with E-state index in [9.17, 15) is 4.79 Å². The van der Waals surface area contributed by atoms with Crippen molar-refractivity contribution in [3.8, 4) is 0 Å². The summed E-state index contributed by atoms with van der Waals surface area (Å²) in [6.07, 6.45) is 0.976. The molecule has 1 aromatic carbocycles. The maximum absolute atomic E-state index is 10.9. The van der Waals surface area contributed by atoms with E-state index in [2.05, 4.69) is 19.1 Å². The van der Waals surface area contributed by atoms with Gasteiger partial charge in [0.15, 0.2) is 0 Å². The maximum atomic E-state index is 10.9. The summed E-state index contributed by atoms with van der Waals surface area (Å²) in [6, 6.07) is 6.24. The zero-order valence-corrected chi connectivity index (χ0v) is 8.03. The molecule has 0 unspecified atom stereocenters. The van der Waals surface area contributed by atoms with Crippen LogP contribution < -0.4 is 0 Å². The van der Waals surface area contributed by atoms with Crippen molar-refractivity contribution >= 4 is 5.97 Å². The van der Waals surface area contributed by atoms with E-state index in [1.807, 2.05) is 6.07 Å². The lowest BCUT2D eigenvalue weighted by atomic mass is 9.98. The first-order valence-corrected chi connectivity index (χ1v) is 5.01. The number of aliphatic carboxylic acids is 1.